The molecule has 0 bridgehead atoms. The fraction of sp³-hybridized carbons (Fsp3) is 0.333. The average Bonchev–Trinajstić information content (AvgIpc) is 2.75. The number of nitrogens with zero attached hydrogens (tertiary/aromatic N) is 2. The van der Waals surface area contributed by atoms with E-state index in [1.54, 1.807) is 0 Å². The van der Waals surface area contributed by atoms with Gasteiger partial charge < -0.3 is 9.84 Å². The van der Waals surface area contributed by atoms with Crippen molar-refractivity contribution in [2.24, 2.45) is 0 Å². The van der Waals surface area contributed by atoms with Crippen LogP contribution in [0.3, 0.4) is 0 Å². The largest absolute Gasteiger partial charge is 0.338 e. The molecule has 2 rings (SSSR count). The SMILES string of the molecule is CCNCc1nc(-c2cccc(C)c2)no1. The van der Waals surface area contributed by atoms with Gasteiger partial charge in [-0.3, -0.25) is 0 Å². The fourth-order valence-electron chi connectivity index (χ4n) is 1.46. The molecule has 1 N–H and O–H groups in total. The minimum atomic E-state index is 0.620. The second-order valence-corrected chi connectivity index (χ2v) is 3.66. The summed E-state index contributed by atoms with van der Waals surface area (Å²) < 4.78 is 5.14. The molecule has 4 heteroatoms. The first kappa shape index (κ1) is 10.8. The van der Waals surface area contributed by atoms with E-state index in [1.165, 1.54) is 5.56 Å². The average molecular weight is 217 g/mol. The van der Waals surface area contributed by atoms with Crippen molar-refractivity contribution < 1.29 is 4.52 Å². The standard InChI is InChI=1S/C12H15N3O/c1-3-13-8-11-14-12(15-16-11)10-6-4-5-9(2)7-10/h4-7,13H,3,8H2,1-2H3. The van der Waals surface area contributed by atoms with Crippen LogP contribution in [0.15, 0.2) is 28.8 Å². The summed E-state index contributed by atoms with van der Waals surface area (Å²) in [5, 5.41) is 7.10. The highest BCUT2D eigenvalue weighted by Crippen LogP contribution is 2.16. The zero-order valence-electron chi connectivity index (χ0n) is 9.53. The van der Waals surface area contributed by atoms with Crippen LogP contribution in [0, 0.1) is 6.92 Å². The van der Waals surface area contributed by atoms with Gasteiger partial charge in [0.15, 0.2) is 0 Å². The lowest BCUT2D eigenvalue weighted by Crippen LogP contribution is -2.11. The second kappa shape index (κ2) is 4.90. The van der Waals surface area contributed by atoms with Gasteiger partial charge in [-0.05, 0) is 19.5 Å². The first-order valence-electron chi connectivity index (χ1n) is 5.40. The van der Waals surface area contributed by atoms with Gasteiger partial charge in [-0.1, -0.05) is 35.8 Å². The number of benzene rings is 1. The molecule has 16 heavy (non-hydrogen) atoms. The molecule has 0 aliphatic rings. The third kappa shape index (κ3) is 2.46. The van der Waals surface area contributed by atoms with Crippen LogP contribution in [0.1, 0.15) is 18.4 Å². The molecule has 0 aliphatic carbocycles. The maximum Gasteiger partial charge on any atom is 0.240 e. The molecule has 0 spiro atoms. The van der Waals surface area contributed by atoms with Crippen LogP contribution in [-0.2, 0) is 6.54 Å². The van der Waals surface area contributed by atoms with E-state index in [0.717, 1.165) is 12.1 Å². The van der Waals surface area contributed by atoms with Gasteiger partial charge in [-0.15, -0.1) is 0 Å². The van der Waals surface area contributed by atoms with E-state index in [4.69, 9.17) is 4.52 Å². The topological polar surface area (TPSA) is 51.0 Å². The zero-order chi connectivity index (χ0) is 11.4. The minimum absolute atomic E-state index is 0.620. The van der Waals surface area contributed by atoms with Crippen molar-refractivity contribution in [3.8, 4) is 11.4 Å². The Morgan fingerprint density at radius 3 is 3.00 bits per heavy atom. The molecule has 2 aromatic rings. The zero-order valence-corrected chi connectivity index (χ0v) is 9.53. The lowest BCUT2D eigenvalue weighted by molar-refractivity contribution is 0.369. The molecular formula is C12H15N3O. The van der Waals surface area contributed by atoms with E-state index in [1.807, 2.05) is 38.1 Å². The van der Waals surface area contributed by atoms with Gasteiger partial charge in [0, 0.05) is 5.56 Å². The Bertz CT molecular complexity index is 465. The number of hydrogen-bond donors (Lipinski definition) is 1. The van der Waals surface area contributed by atoms with Crippen LogP contribution in [-0.4, -0.2) is 16.7 Å². The van der Waals surface area contributed by atoms with E-state index in [2.05, 4.69) is 15.5 Å². The van der Waals surface area contributed by atoms with Gasteiger partial charge >= 0.3 is 0 Å². The van der Waals surface area contributed by atoms with Crippen molar-refractivity contribution in [1.82, 2.24) is 15.5 Å². The predicted octanol–water partition coefficient (Wildman–Crippen LogP) is 2.15. The van der Waals surface area contributed by atoms with Crippen LogP contribution >= 0.6 is 0 Å². The monoisotopic (exact) mass is 217 g/mol. The minimum Gasteiger partial charge on any atom is -0.338 e. The molecule has 84 valence electrons. The molecule has 0 saturated heterocycles. The summed E-state index contributed by atoms with van der Waals surface area (Å²) in [5.41, 5.74) is 2.18. The summed E-state index contributed by atoms with van der Waals surface area (Å²) in [7, 11) is 0. The highest BCUT2D eigenvalue weighted by atomic mass is 16.5. The molecule has 1 aromatic carbocycles. The molecule has 0 saturated carbocycles. The van der Waals surface area contributed by atoms with Crippen molar-refractivity contribution in [1.29, 1.82) is 0 Å². The van der Waals surface area contributed by atoms with Crippen molar-refractivity contribution in [2.75, 3.05) is 6.54 Å². The van der Waals surface area contributed by atoms with E-state index >= 15 is 0 Å². The Kier molecular flexibility index (Phi) is 3.31. The van der Waals surface area contributed by atoms with Gasteiger partial charge in [0.2, 0.25) is 11.7 Å². The summed E-state index contributed by atoms with van der Waals surface area (Å²) in [6, 6.07) is 8.06. The van der Waals surface area contributed by atoms with Crippen molar-refractivity contribution in [2.45, 2.75) is 20.4 Å². The Labute approximate surface area is 94.7 Å². The summed E-state index contributed by atoms with van der Waals surface area (Å²) in [6.45, 7) is 5.60. The van der Waals surface area contributed by atoms with E-state index in [9.17, 15) is 0 Å². The maximum absolute atomic E-state index is 5.14. The number of hydrogen-bond acceptors (Lipinski definition) is 4. The Morgan fingerprint density at radius 1 is 1.38 bits per heavy atom. The van der Waals surface area contributed by atoms with Crippen molar-refractivity contribution in [3.63, 3.8) is 0 Å². The molecular weight excluding hydrogens is 202 g/mol. The smallest absolute Gasteiger partial charge is 0.240 e. The van der Waals surface area contributed by atoms with E-state index < -0.39 is 0 Å². The number of aryl methyl sites for hydroxylation is 1. The Morgan fingerprint density at radius 2 is 2.25 bits per heavy atom. The number of nitrogens with one attached hydrogen (secondary N) is 1. The van der Waals surface area contributed by atoms with Crippen molar-refractivity contribution >= 4 is 0 Å². The highest BCUT2D eigenvalue weighted by molar-refractivity contribution is 5.55. The van der Waals surface area contributed by atoms with Crippen LogP contribution < -0.4 is 5.32 Å². The summed E-state index contributed by atoms with van der Waals surface area (Å²) in [6.07, 6.45) is 0. The van der Waals surface area contributed by atoms with Gasteiger partial charge in [-0.2, -0.15) is 4.98 Å². The van der Waals surface area contributed by atoms with Gasteiger partial charge in [0.1, 0.15) is 0 Å². The third-order valence-electron chi connectivity index (χ3n) is 2.27. The Hall–Kier alpha value is -1.68. The first-order valence-corrected chi connectivity index (χ1v) is 5.40. The van der Waals surface area contributed by atoms with Gasteiger partial charge in [0.25, 0.3) is 0 Å². The lowest BCUT2D eigenvalue weighted by atomic mass is 10.1. The molecule has 0 unspecified atom stereocenters. The molecule has 1 heterocycles. The Balaban J connectivity index is 2.18. The van der Waals surface area contributed by atoms with E-state index in [-0.39, 0.29) is 0 Å². The maximum atomic E-state index is 5.14. The molecule has 0 aliphatic heterocycles. The number of aromatic nitrogens is 2. The van der Waals surface area contributed by atoms with Gasteiger partial charge in [0.05, 0.1) is 6.54 Å². The van der Waals surface area contributed by atoms with E-state index in [0.29, 0.717) is 18.3 Å². The van der Waals surface area contributed by atoms with Crippen LogP contribution in [0.25, 0.3) is 11.4 Å². The quantitative estimate of drug-likeness (QED) is 0.852. The molecule has 4 nitrogen and oxygen atoms in total. The summed E-state index contributed by atoms with van der Waals surface area (Å²) in [5.74, 6) is 1.27. The fourth-order valence-corrected chi connectivity index (χ4v) is 1.46. The summed E-state index contributed by atoms with van der Waals surface area (Å²) >= 11 is 0. The third-order valence-corrected chi connectivity index (χ3v) is 2.27. The predicted molar refractivity (Wildman–Crippen MR) is 61.9 cm³/mol. The lowest BCUT2D eigenvalue weighted by Gasteiger charge is -1.95. The summed E-state index contributed by atoms with van der Waals surface area (Å²) in [4.78, 5) is 4.32. The molecule has 0 atom stereocenters. The molecule has 0 radical (unpaired) electrons. The molecule has 0 fully saturated rings. The highest BCUT2D eigenvalue weighted by Gasteiger charge is 2.07. The van der Waals surface area contributed by atoms with Gasteiger partial charge in [-0.25, -0.2) is 0 Å². The first-order chi connectivity index (χ1) is 7.79. The second-order valence-electron chi connectivity index (χ2n) is 3.66. The van der Waals surface area contributed by atoms with Crippen LogP contribution in [0.5, 0.6) is 0 Å². The normalized spacial score (nSPS) is 10.6. The van der Waals surface area contributed by atoms with Crippen LogP contribution in [0.4, 0.5) is 0 Å². The number of rotatable bonds is 4. The van der Waals surface area contributed by atoms with Crippen molar-refractivity contribution in [3.05, 3.63) is 35.7 Å². The molecule has 0 amide bonds. The van der Waals surface area contributed by atoms with Crippen LogP contribution in [0.2, 0.25) is 0 Å². The molecule has 1 aromatic heterocycles.